The zero-order chi connectivity index (χ0) is 23.4. The standard InChI is InChI=1S/C24H30N8O/c1-16(25)20(17(2)27-22-8-9-23-29-28-18(3)32(23)30-22)7-10-24(33)31-14-11-19(12-15-31)21-6-4-5-13-26-21/h4-6,8-9,13,19,25H,7,10-12,14-15H2,1-3H3,(H,27,30)/b20-17-,25-16?. The number of pyridine rings is 1. The number of nitrogens with one attached hydrogen (secondary N) is 2. The summed E-state index contributed by atoms with van der Waals surface area (Å²) in [6.07, 6.45) is 4.60. The lowest BCUT2D eigenvalue weighted by Crippen LogP contribution is -2.38. The van der Waals surface area contributed by atoms with Gasteiger partial charge in [0.2, 0.25) is 5.91 Å². The summed E-state index contributed by atoms with van der Waals surface area (Å²) in [5.41, 5.74) is 3.89. The van der Waals surface area contributed by atoms with E-state index in [9.17, 15) is 4.79 Å². The number of nitrogens with zero attached hydrogens (tertiary/aromatic N) is 6. The van der Waals surface area contributed by atoms with E-state index in [0.29, 0.717) is 41.8 Å². The maximum absolute atomic E-state index is 12.9. The molecule has 0 radical (unpaired) electrons. The Morgan fingerprint density at radius 2 is 1.91 bits per heavy atom. The number of amides is 1. The highest BCUT2D eigenvalue weighted by atomic mass is 16.2. The third-order valence-electron chi connectivity index (χ3n) is 6.18. The third kappa shape index (κ3) is 5.24. The number of piperidine rings is 1. The molecule has 172 valence electrons. The highest BCUT2D eigenvalue weighted by Gasteiger charge is 2.24. The summed E-state index contributed by atoms with van der Waals surface area (Å²) in [6.45, 7) is 7.02. The average molecular weight is 447 g/mol. The second kappa shape index (κ2) is 9.89. The SMILES string of the molecule is CC(=N)/C(CCC(=O)N1CCC(c2ccccn2)CC1)=C(/C)Nc1ccc2nnc(C)n2n1. The smallest absolute Gasteiger partial charge is 0.222 e. The molecule has 1 fully saturated rings. The minimum atomic E-state index is 0.140. The lowest BCUT2D eigenvalue weighted by molar-refractivity contribution is -0.132. The first-order chi connectivity index (χ1) is 15.9. The van der Waals surface area contributed by atoms with Crippen molar-refractivity contribution in [3.63, 3.8) is 0 Å². The number of hydrogen-bond acceptors (Lipinski definition) is 7. The Kier molecular flexibility index (Phi) is 6.76. The normalized spacial score (nSPS) is 15.4. The van der Waals surface area contributed by atoms with E-state index in [1.165, 1.54) is 0 Å². The summed E-state index contributed by atoms with van der Waals surface area (Å²) in [6, 6.07) is 9.70. The molecule has 4 rings (SSSR count). The van der Waals surface area contributed by atoms with Crippen LogP contribution in [0.4, 0.5) is 5.82 Å². The lowest BCUT2D eigenvalue weighted by atomic mass is 9.92. The van der Waals surface area contributed by atoms with Crippen LogP contribution in [0.15, 0.2) is 47.8 Å². The molecule has 0 aromatic carbocycles. The molecule has 9 nitrogen and oxygen atoms in total. The minimum Gasteiger partial charge on any atom is -0.343 e. The van der Waals surface area contributed by atoms with Crippen LogP contribution >= 0.6 is 0 Å². The molecule has 2 N–H and O–H groups in total. The first-order valence-electron chi connectivity index (χ1n) is 11.3. The summed E-state index contributed by atoms with van der Waals surface area (Å²) in [5.74, 6) is 1.90. The van der Waals surface area contributed by atoms with E-state index >= 15 is 0 Å². The van der Waals surface area contributed by atoms with Crippen molar-refractivity contribution in [2.45, 2.75) is 52.4 Å². The van der Waals surface area contributed by atoms with Crippen LogP contribution in [0.2, 0.25) is 0 Å². The Balaban J connectivity index is 1.36. The molecule has 1 saturated heterocycles. The van der Waals surface area contributed by atoms with Gasteiger partial charge < -0.3 is 15.6 Å². The van der Waals surface area contributed by atoms with Gasteiger partial charge in [0.25, 0.3) is 0 Å². The number of rotatable bonds is 7. The lowest BCUT2D eigenvalue weighted by Gasteiger charge is -2.32. The zero-order valence-electron chi connectivity index (χ0n) is 19.4. The molecule has 0 unspecified atom stereocenters. The van der Waals surface area contributed by atoms with Crippen LogP contribution in [0.5, 0.6) is 0 Å². The Labute approximate surface area is 193 Å². The van der Waals surface area contributed by atoms with Gasteiger partial charge in [-0.25, -0.2) is 0 Å². The molecule has 1 amide bonds. The van der Waals surface area contributed by atoms with Crippen LogP contribution in [0.25, 0.3) is 5.65 Å². The number of aromatic nitrogens is 5. The van der Waals surface area contributed by atoms with E-state index in [-0.39, 0.29) is 5.91 Å². The number of allylic oxidation sites excluding steroid dienone is 2. The number of hydrogen-bond donors (Lipinski definition) is 2. The van der Waals surface area contributed by atoms with Gasteiger partial charge in [0, 0.05) is 48.7 Å². The average Bonchev–Trinajstić information content (AvgIpc) is 3.19. The Morgan fingerprint density at radius 1 is 1.12 bits per heavy atom. The summed E-state index contributed by atoms with van der Waals surface area (Å²) in [4.78, 5) is 19.3. The van der Waals surface area contributed by atoms with E-state index in [1.54, 1.807) is 11.4 Å². The maximum Gasteiger partial charge on any atom is 0.222 e. The number of carbonyl (C=O) groups excluding carboxylic acids is 1. The van der Waals surface area contributed by atoms with Crippen LogP contribution in [0.3, 0.4) is 0 Å². The maximum atomic E-state index is 12.9. The van der Waals surface area contributed by atoms with E-state index in [1.807, 2.05) is 49.2 Å². The summed E-state index contributed by atoms with van der Waals surface area (Å²) in [5, 5.41) is 24.1. The van der Waals surface area contributed by atoms with Crippen LogP contribution in [0.1, 0.15) is 57.0 Å². The van der Waals surface area contributed by atoms with Crippen molar-refractivity contribution in [2.75, 3.05) is 18.4 Å². The molecule has 3 aromatic heterocycles. The molecule has 1 aliphatic rings. The van der Waals surface area contributed by atoms with Gasteiger partial charge in [0.05, 0.1) is 0 Å². The zero-order valence-corrected chi connectivity index (χ0v) is 19.4. The van der Waals surface area contributed by atoms with Crippen molar-refractivity contribution in [3.05, 3.63) is 59.3 Å². The summed E-state index contributed by atoms with van der Waals surface area (Å²) >= 11 is 0. The van der Waals surface area contributed by atoms with Crippen LogP contribution in [-0.4, -0.2) is 54.4 Å². The first kappa shape index (κ1) is 22.6. The molecule has 9 heteroatoms. The van der Waals surface area contributed by atoms with Crippen molar-refractivity contribution in [2.24, 2.45) is 0 Å². The number of likely N-dealkylation sites (tertiary alicyclic amines) is 1. The molecule has 0 atom stereocenters. The number of carbonyl (C=O) groups is 1. The molecule has 33 heavy (non-hydrogen) atoms. The largest absolute Gasteiger partial charge is 0.343 e. The quantitative estimate of drug-likeness (QED) is 0.535. The molecular formula is C24H30N8O. The Bertz CT molecular complexity index is 1180. The van der Waals surface area contributed by atoms with Gasteiger partial charge in [-0.15, -0.1) is 15.3 Å². The summed E-state index contributed by atoms with van der Waals surface area (Å²) in [7, 11) is 0. The highest BCUT2D eigenvalue weighted by Crippen LogP contribution is 2.27. The molecule has 0 spiro atoms. The van der Waals surface area contributed by atoms with Crippen molar-refractivity contribution in [3.8, 4) is 0 Å². The predicted molar refractivity (Wildman–Crippen MR) is 127 cm³/mol. The molecule has 0 aliphatic carbocycles. The summed E-state index contributed by atoms with van der Waals surface area (Å²) < 4.78 is 1.67. The molecule has 0 saturated carbocycles. The molecule has 4 heterocycles. The molecular weight excluding hydrogens is 416 g/mol. The number of aryl methyl sites for hydroxylation is 1. The van der Waals surface area contributed by atoms with Gasteiger partial charge in [0.1, 0.15) is 0 Å². The van der Waals surface area contributed by atoms with Gasteiger partial charge in [0.15, 0.2) is 17.3 Å². The van der Waals surface area contributed by atoms with Gasteiger partial charge in [-0.1, -0.05) is 6.07 Å². The fraction of sp³-hybridized carbons (Fsp3) is 0.417. The third-order valence-corrected chi connectivity index (χ3v) is 6.18. The van der Waals surface area contributed by atoms with Gasteiger partial charge in [-0.05, 0) is 69.9 Å². The van der Waals surface area contributed by atoms with Gasteiger partial charge in [-0.2, -0.15) is 4.52 Å². The van der Waals surface area contributed by atoms with Crippen molar-refractivity contribution < 1.29 is 4.79 Å². The number of anilines is 1. The van der Waals surface area contributed by atoms with E-state index < -0.39 is 0 Å². The van der Waals surface area contributed by atoms with Crippen molar-refractivity contribution in [1.29, 1.82) is 5.41 Å². The minimum absolute atomic E-state index is 0.140. The second-order valence-electron chi connectivity index (χ2n) is 8.50. The monoisotopic (exact) mass is 446 g/mol. The molecule has 3 aromatic rings. The van der Waals surface area contributed by atoms with Crippen LogP contribution < -0.4 is 5.32 Å². The van der Waals surface area contributed by atoms with Crippen LogP contribution in [0, 0.1) is 12.3 Å². The van der Waals surface area contributed by atoms with E-state index in [2.05, 4.69) is 31.7 Å². The first-order valence-corrected chi connectivity index (χ1v) is 11.3. The van der Waals surface area contributed by atoms with E-state index in [4.69, 9.17) is 5.41 Å². The fourth-order valence-corrected chi connectivity index (χ4v) is 4.32. The molecule has 1 aliphatic heterocycles. The second-order valence-corrected chi connectivity index (χ2v) is 8.50. The Morgan fingerprint density at radius 3 is 2.61 bits per heavy atom. The van der Waals surface area contributed by atoms with Crippen LogP contribution in [-0.2, 0) is 4.79 Å². The Hall–Kier alpha value is -3.62. The van der Waals surface area contributed by atoms with Gasteiger partial charge in [-0.3, -0.25) is 9.78 Å². The van der Waals surface area contributed by atoms with Crippen molar-refractivity contribution in [1.82, 2.24) is 29.7 Å². The van der Waals surface area contributed by atoms with Crippen molar-refractivity contribution >= 4 is 23.1 Å². The topological polar surface area (TPSA) is 112 Å². The predicted octanol–water partition coefficient (Wildman–Crippen LogP) is 3.74. The number of fused-ring (bicyclic) bond motifs is 1. The highest BCUT2D eigenvalue weighted by molar-refractivity contribution is 5.97. The van der Waals surface area contributed by atoms with Gasteiger partial charge >= 0.3 is 0 Å². The van der Waals surface area contributed by atoms with E-state index in [0.717, 1.165) is 42.9 Å². The fourth-order valence-electron chi connectivity index (χ4n) is 4.32. The molecule has 0 bridgehead atoms.